The fourth-order valence-corrected chi connectivity index (χ4v) is 3.45. The summed E-state index contributed by atoms with van der Waals surface area (Å²) in [4.78, 5) is 14.5. The predicted molar refractivity (Wildman–Crippen MR) is 111 cm³/mol. The summed E-state index contributed by atoms with van der Waals surface area (Å²) >= 11 is 1.60. The van der Waals surface area contributed by atoms with Crippen LogP contribution in [0.15, 0.2) is 66.0 Å². The first-order valence-corrected chi connectivity index (χ1v) is 9.91. The van der Waals surface area contributed by atoms with E-state index in [1.54, 1.807) is 18.4 Å². The van der Waals surface area contributed by atoms with Crippen molar-refractivity contribution in [3.8, 4) is 28.3 Å². The van der Waals surface area contributed by atoms with E-state index < -0.39 is 0 Å². The van der Waals surface area contributed by atoms with Crippen molar-refractivity contribution in [2.75, 3.05) is 7.11 Å². The number of hydrogen-bond donors (Lipinski definition) is 1. The van der Waals surface area contributed by atoms with Gasteiger partial charge in [0.25, 0.3) is 0 Å². The summed E-state index contributed by atoms with van der Waals surface area (Å²) in [6.45, 7) is 0.535. The van der Waals surface area contributed by atoms with Crippen molar-refractivity contribution in [2.45, 2.75) is 13.1 Å². The van der Waals surface area contributed by atoms with Crippen LogP contribution < -0.4 is 10.1 Å². The molecule has 2 aromatic carbocycles. The maximum absolute atomic E-state index is 12.1. The van der Waals surface area contributed by atoms with Gasteiger partial charge in [0.1, 0.15) is 12.3 Å². The number of thiophene rings is 1. The van der Waals surface area contributed by atoms with Gasteiger partial charge in [0.05, 0.1) is 13.7 Å². The second-order valence-corrected chi connectivity index (χ2v) is 7.34. The number of rotatable bonds is 7. The second kappa shape index (κ2) is 8.66. The summed E-state index contributed by atoms with van der Waals surface area (Å²) in [6.07, 6.45) is 0. The monoisotopic (exact) mass is 405 g/mol. The minimum atomic E-state index is -0.155. The Bertz CT molecular complexity index is 1070. The second-order valence-electron chi connectivity index (χ2n) is 6.31. The maximum Gasteiger partial charge on any atom is 0.243 e. The Hall–Kier alpha value is -3.52. The Balaban J connectivity index is 1.38. The van der Waals surface area contributed by atoms with Crippen LogP contribution in [0.5, 0.6) is 5.75 Å². The van der Waals surface area contributed by atoms with Crippen molar-refractivity contribution in [1.29, 1.82) is 0 Å². The Morgan fingerprint density at radius 3 is 2.38 bits per heavy atom. The van der Waals surface area contributed by atoms with Gasteiger partial charge in [-0.15, -0.1) is 21.5 Å². The molecule has 0 fully saturated rings. The zero-order valence-electron chi connectivity index (χ0n) is 15.8. The SMILES string of the molecule is COc1ccc(-c2ccc(-c3nnn(CC(=O)NCc4cccs4)n3)cc2)cc1. The minimum absolute atomic E-state index is 0.0301. The van der Waals surface area contributed by atoms with Crippen LogP contribution >= 0.6 is 11.3 Å². The van der Waals surface area contributed by atoms with Gasteiger partial charge in [0.15, 0.2) is 0 Å². The molecule has 0 unspecified atom stereocenters. The zero-order valence-corrected chi connectivity index (χ0v) is 16.6. The minimum Gasteiger partial charge on any atom is -0.497 e. The van der Waals surface area contributed by atoms with Gasteiger partial charge in [-0.05, 0) is 39.9 Å². The number of carbonyl (C=O) groups excluding carboxylic acids is 1. The topological polar surface area (TPSA) is 81.9 Å². The Labute approximate surface area is 172 Å². The van der Waals surface area contributed by atoms with Crippen LogP contribution in [0, 0.1) is 0 Å². The van der Waals surface area contributed by atoms with Crippen molar-refractivity contribution >= 4 is 17.2 Å². The zero-order chi connectivity index (χ0) is 20.1. The molecular weight excluding hydrogens is 386 g/mol. The highest BCUT2D eigenvalue weighted by Gasteiger charge is 2.10. The molecule has 0 aliphatic heterocycles. The van der Waals surface area contributed by atoms with E-state index in [1.165, 1.54) is 4.80 Å². The number of ether oxygens (including phenoxy) is 1. The molecule has 0 aliphatic carbocycles. The molecule has 1 amide bonds. The fourth-order valence-electron chi connectivity index (χ4n) is 2.80. The summed E-state index contributed by atoms with van der Waals surface area (Å²) in [5.41, 5.74) is 3.01. The molecular formula is C21H19N5O2S. The lowest BCUT2D eigenvalue weighted by Gasteiger charge is -2.04. The van der Waals surface area contributed by atoms with Crippen LogP contribution in [0.1, 0.15) is 4.88 Å². The van der Waals surface area contributed by atoms with E-state index in [-0.39, 0.29) is 12.5 Å². The number of hydrogen-bond acceptors (Lipinski definition) is 6. The molecule has 2 heterocycles. The molecule has 7 nitrogen and oxygen atoms in total. The average Bonchev–Trinajstić information content (AvgIpc) is 3.45. The highest BCUT2D eigenvalue weighted by molar-refractivity contribution is 7.09. The lowest BCUT2D eigenvalue weighted by atomic mass is 10.0. The number of nitrogens with one attached hydrogen (secondary N) is 1. The molecule has 8 heteroatoms. The highest BCUT2D eigenvalue weighted by atomic mass is 32.1. The van der Waals surface area contributed by atoms with E-state index >= 15 is 0 Å². The van der Waals surface area contributed by atoms with E-state index in [1.807, 2.05) is 66.0 Å². The third-order valence-corrected chi connectivity index (χ3v) is 5.22. The molecule has 0 spiro atoms. The summed E-state index contributed by atoms with van der Waals surface area (Å²) in [6, 6.07) is 19.7. The summed E-state index contributed by atoms with van der Waals surface area (Å²) in [5.74, 6) is 1.15. The maximum atomic E-state index is 12.1. The molecule has 0 bridgehead atoms. The van der Waals surface area contributed by atoms with Gasteiger partial charge in [-0.25, -0.2) is 0 Å². The van der Waals surface area contributed by atoms with Crippen LogP contribution in [0.2, 0.25) is 0 Å². The number of carbonyl (C=O) groups is 1. The van der Waals surface area contributed by atoms with Crippen LogP contribution in [0.4, 0.5) is 0 Å². The predicted octanol–water partition coefficient (Wildman–Crippen LogP) is 3.39. The Kier molecular flexibility index (Phi) is 5.62. The average molecular weight is 405 g/mol. The number of benzene rings is 2. The third kappa shape index (κ3) is 4.67. The Morgan fingerprint density at radius 1 is 1.03 bits per heavy atom. The molecule has 0 atom stereocenters. The first-order valence-electron chi connectivity index (χ1n) is 9.03. The highest BCUT2D eigenvalue weighted by Crippen LogP contribution is 2.24. The number of methoxy groups -OCH3 is 1. The lowest BCUT2D eigenvalue weighted by molar-refractivity contribution is -0.122. The van der Waals surface area contributed by atoms with Crippen molar-refractivity contribution in [3.63, 3.8) is 0 Å². The number of aromatic nitrogens is 4. The molecule has 1 N–H and O–H groups in total. The largest absolute Gasteiger partial charge is 0.497 e. The van der Waals surface area contributed by atoms with Gasteiger partial charge < -0.3 is 10.1 Å². The van der Waals surface area contributed by atoms with Crippen molar-refractivity contribution < 1.29 is 9.53 Å². The number of nitrogens with zero attached hydrogens (tertiary/aromatic N) is 4. The van der Waals surface area contributed by atoms with Crippen LogP contribution in [0.3, 0.4) is 0 Å². The van der Waals surface area contributed by atoms with Crippen LogP contribution in [0.25, 0.3) is 22.5 Å². The molecule has 0 saturated heterocycles. The van der Waals surface area contributed by atoms with E-state index in [2.05, 4.69) is 20.7 Å². The van der Waals surface area contributed by atoms with E-state index in [9.17, 15) is 4.79 Å². The first-order chi connectivity index (χ1) is 14.2. The molecule has 29 heavy (non-hydrogen) atoms. The van der Waals surface area contributed by atoms with Gasteiger partial charge in [-0.3, -0.25) is 4.79 Å². The molecule has 146 valence electrons. The lowest BCUT2D eigenvalue weighted by Crippen LogP contribution is -2.27. The summed E-state index contributed by atoms with van der Waals surface area (Å²) < 4.78 is 5.19. The summed E-state index contributed by atoms with van der Waals surface area (Å²) in [7, 11) is 1.65. The summed E-state index contributed by atoms with van der Waals surface area (Å²) in [5, 5.41) is 17.2. The number of tetrazole rings is 1. The van der Waals surface area contributed by atoms with Crippen molar-refractivity contribution in [2.24, 2.45) is 0 Å². The van der Waals surface area contributed by atoms with Crippen molar-refractivity contribution in [3.05, 3.63) is 70.9 Å². The first kappa shape index (κ1) is 18.8. The van der Waals surface area contributed by atoms with Crippen molar-refractivity contribution in [1.82, 2.24) is 25.5 Å². The van der Waals surface area contributed by atoms with Crippen LogP contribution in [-0.4, -0.2) is 33.2 Å². The molecule has 2 aromatic heterocycles. The normalized spacial score (nSPS) is 10.7. The van der Waals surface area contributed by atoms with Crippen LogP contribution in [-0.2, 0) is 17.9 Å². The van der Waals surface area contributed by atoms with Gasteiger partial charge in [-0.2, -0.15) is 4.80 Å². The van der Waals surface area contributed by atoms with Gasteiger partial charge in [0, 0.05) is 10.4 Å². The molecule has 0 saturated carbocycles. The smallest absolute Gasteiger partial charge is 0.243 e. The fraction of sp³-hybridized carbons (Fsp3) is 0.143. The Morgan fingerprint density at radius 2 is 1.72 bits per heavy atom. The van der Waals surface area contributed by atoms with E-state index in [4.69, 9.17) is 4.74 Å². The molecule has 4 rings (SSSR count). The molecule has 0 radical (unpaired) electrons. The van der Waals surface area contributed by atoms with Gasteiger partial charge >= 0.3 is 0 Å². The molecule has 0 aliphatic rings. The number of amides is 1. The molecule has 4 aromatic rings. The van der Waals surface area contributed by atoms with E-state index in [0.29, 0.717) is 12.4 Å². The quantitative estimate of drug-likeness (QED) is 0.510. The third-order valence-electron chi connectivity index (χ3n) is 4.34. The van der Waals surface area contributed by atoms with Gasteiger partial charge in [-0.1, -0.05) is 42.5 Å². The standard InChI is InChI=1S/C21H19N5O2S/c1-28-18-10-8-16(9-11-18)15-4-6-17(7-5-15)21-23-25-26(24-21)14-20(27)22-13-19-3-2-12-29-19/h2-12H,13-14H2,1H3,(H,22,27). The van der Waals surface area contributed by atoms with E-state index in [0.717, 1.165) is 27.3 Å². The van der Waals surface area contributed by atoms with Gasteiger partial charge in [0.2, 0.25) is 11.7 Å².